The van der Waals surface area contributed by atoms with Crippen LogP contribution in [0.3, 0.4) is 0 Å². The second-order valence-electron chi connectivity index (χ2n) is 6.04. The van der Waals surface area contributed by atoms with Crippen LogP contribution < -0.4 is 10.2 Å². The zero-order valence-electron chi connectivity index (χ0n) is 13.9. The van der Waals surface area contributed by atoms with Crippen molar-refractivity contribution in [1.82, 2.24) is 0 Å². The van der Waals surface area contributed by atoms with Crippen LogP contribution in [0.25, 0.3) is 0 Å². The standard InChI is InChI=1S/C18H18F4N2O/c1-12-3-8-16(15(19)9-12)23-17(25)11-24(2)10-13-4-6-14(7-5-13)18(20,21)22/h3-9H,10-11H2,1-2H3,(H,23,25)/p+1. The molecule has 0 spiro atoms. The highest BCUT2D eigenvalue weighted by Crippen LogP contribution is 2.28. The third-order valence-corrected chi connectivity index (χ3v) is 3.65. The second-order valence-corrected chi connectivity index (χ2v) is 6.04. The molecule has 0 aliphatic heterocycles. The first-order chi connectivity index (χ1) is 11.6. The Labute approximate surface area is 143 Å². The number of carbonyl (C=O) groups excluding carboxylic acids is 1. The number of rotatable bonds is 5. The van der Waals surface area contributed by atoms with Gasteiger partial charge in [-0.15, -0.1) is 0 Å². The summed E-state index contributed by atoms with van der Waals surface area (Å²) in [4.78, 5) is 12.8. The van der Waals surface area contributed by atoms with Gasteiger partial charge in [0.15, 0.2) is 6.54 Å². The van der Waals surface area contributed by atoms with Gasteiger partial charge in [-0.1, -0.05) is 18.2 Å². The van der Waals surface area contributed by atoms with E-state index in [2.05, 4.69) is 5.32 Å². The van der Waals surface area contributed by atoms with Crippen LogP contribution in [0.15, 0.2) is 42.5 Å². The van der Waals surface area contributed by atoms with Gasteiger partial charge in [0.25, 0.3) is 5.91 Å². The van der Waals surface area contributed by atoms with Gasteiger partial charge in [-0.05, 0) is 36.8 Å². The van der Waals surface area contributed by atoms with E-state index in [-0.39, 0.29) is 18.1 Å². The van der Waals surface area contributed by atoms with Gasteiger partial charge < -0.3 is 10.2 Å². The molecule has 0 heterocycles. The van der Waals surface area contributed by atoms with E-state index in [9.17, 15) is 22.4 Å². The summed E-state index contributed by atoms with van der Waals surface area (Å²) in [5.41, 5.74) is 0.833. The van der Waals surface area contributed by atoms with Gasteiger partial charge in [-0.25, -0.2) is 4.39 Å². The Balaban J connectivity index is 1.91. The molecule has 3 nitrogen and oxygen atoms in total. The van der Waals surface area contributed by atoms with Crippen LogP contribution in [0.4, 0.5) is 23.2 Å². The van der Waals surface area contributed by atoms with E-state index < -0.39 is 17.6 Å². The van der Waals surface area contributed by atoms with E-state index >= 15 is 0 Å². The molecule has 0 aliphatic rings. The molecule has 0 fully saturated rings. The molecule has 0 aromatic heterocycles. The maximum absolute atomic E-state index is 13.7. The van der Waals surface area contributed by atoms with Crippen LogP contribution in [0, 0.1) is 12.7 Å². The summed E-state index contributed by atoms with van der Waals surface area (Å²) in [7, 11) is 1.74. The first-order valence-electron chi connectivity index (χ1n) is 7.68. The van der Waals surface area contributed by atoms with Crippen LogP contribution in [0.5, 0.6) is 0 Å². The average Bonchev–Trinajstić information content (AvgIpc) is 2.49. The van der Waals surface area contributed by atoms with Crippen LogP contribution in [0.2, 0.25) is 0 Å². The summed E-state index contributed by atoms with van der Waals surface area (Å²) in [5, 5.41) is 2.50. The molecular weight excluding hydrogens is 336 g/mol. The minimum Gasteiger partial charge on any atom is -0.326 e. The maximum Gasteiger partial charge on any atom is 0.416 e. The molecule has 134 valence electrons. The average molecular weight is 355 g/mol. The number of benzene rings is 2. The van der Waals surface area contributed by atoms with Gasteiger partial charge in [0.2, 0.25) is 0 Å². The molecule has 0 bridgehead atoms. The summed E-state index contributed by atoms with van der Waals surface area (Å²) in [6.45, 7) is 2.19. The molecule has 0 radical (unpaired) electrons. The Kier molecular flexibility index (Phi) is 5.79. The number of hydrogen-bond acceptors (Lipinski definition) is 1. The van der Waals surface area contributed by atoms with Crippen molar-refractivity contribution in [2.24, 2.45) is 0 Å². The summed E-state index contributed by atoms with van der Waals surface area (Å²) in [5.74, 6) is -0.874. The van der Waals surface area contributed by atoms with E-state index in [4.69, 9.17) is 0 Å². The van der Waals surface area contributed by atoms with Gasteiger partial charge in [0.05, 0.1) is 18.3 Å². The molecule has 0 saturated heterocycles. The summed E-state index contributed by atoms with van der Waals surface area (Å²) in [6.07, 6.45) is -4.37. The highest BCUT2D eigenvalue weighted by molar-refractivity contribution is 5.91. The molecule has 25 heavy (non-hydrogen) atoms. The lowest BCUT2D eigenvalue weighted by Crippen LogP contribution is -3.08. The number of nitrogens with one attached hydrogen (secondary N) is 2. The van der Waals surface area contributed by atoms with E-state index in [1.165, 1.54) is 24.3 Å². The number of alkyl halides is 3. The Morgan fingerprint density at radius 1 is 1.12 bits per heavy atom. The quantitative estimate of drug-likeness (QED) is 0.795. The molecule has 1 unspecified atom stereocenters. The first kappa shape index (κ1) is 18.9. The fourth-order valence-corrected chi connectivity index (χ4v) is 2.41. The number of aryl methyl sites for hydroxylation is 1. The van der Waals surface area contributed by atoms with Gasteiger partial charge in [-0.2, -0.15) is 13.2 Å². The minimum absolute atomic E-state index is 0.0638. The van der Waals surface area contributed by atoms with Crippen molar-refractivity contribution in [2.45, 2.75) is 19.6 Å². The number of anilines is 1. The van der Waals surface area contributed by atoms with Gasteiger partial charge in [-0.3, -0.25) is 4.79 Å². The van der Waals surface area contributed by atoms with E-state index in [1.54, 1.807) is 20.0 Å². The highest BCUT2D eigenvalue weighted by atomic mass is 19.4. The normalized spacial score (nSPS) is 12.7. The van der Waals surface area contributed by atoms with Gasteiger partial charge in [0, 0.05) is 5.56 Å². The number of carbonyl (C=O) groups is 1. The van der Waals surface area contributed by atoms with E-state index in [0.717, 1.165) is 22.6 Å². The summed E-state index contributed by atoms with van der Waals surface area (Å²) >= 11 is 0. The van der Waals surface area contributed by atoms with Crippen molar-refractivity contribution in [3.05, 3.63) is 65.0 Å². The molecule has 2 aromatic rings. The van der Waals surface area contributed by atoms with Crippen molar-refractivity contribution in [3.63, 3.8) is 0 Å². The topological polar surface area (TPSA) is 33.5 Å². The molecular formula is C18H19F4N2O+. The van der Waals surface area contributed by atoms with Crippen molar-refractivity contribution in [1.29, 1.82) is 0 Å². The number of amides is 1. The Morgan fingerprint density at radius 2 is 1.76 bits per heavy atom. The fraction of sp³-hybridized carbons (Fsp3) is 0.278. The van der Waals surface area contributed by atoms with Crippen molar-refractivity contribution >= 4 is 11.6 Å². The maximum atomic E-state index is 13.7. The van der Waals surface area contributed by atoms with Crippen LogP contribution in [-0.2, 0) is 17.5 Å². The van der Waals surface area contributed by atoms with Crippen LogP contribution in [0.1, 0.15) is 16.7 Å². The highest BCUT2D eigenvalue weighted by Gasteiger charge is 2.30. The third-order valence-electron chi connectivity index (χ3n) is 3.65. The lowest BCUT2D eigenvalue weighted by atomic mass is 10.1. The zero-order valence-corrected chi connectivity index (χ0v) is 13.9. The monoisotopic (exact) mass is 355 g/mol. The van der Waals surface area contributed by atoms with Crippen LogP contribution in [-0.4, -0.2) is 19.5 Å². The van der Waals surface area contributed by atoms with E-state index in [0.29, 0.717) is 12.1 Å². The minimum atomic E-state index is -4.37. The van der Waals surface area contributed by atoms with Crippen molar-refractivity contribution in [2.75, 3.05) is 18.9 Å². The molecule has 2 N–H and O–H groups in total. The Morgan fingerprint density at radius 3 is 2.32 bits per heavy atom. The predicted molar refractivity (Wildman–Crippen MR) is 86.7 cm³/mol. The predicted octanol–water partition coefficient (Wildman–Crippen LogP) is 2.81. The second kappa shape index (κ2) is 7.65. The SMILES string of the molecule is Cc1ccc(NC(=O)C[NH+](C)Cc2ccc(C(F)(F)F)cc2)c(F)c1. The molecule has 2 aromatic carbocycles. The number of quaternary nitrogens is 1. The molecule has 1 amide bonds. The number of halogens is 4. The zero-order chi connectivity index (χ0) is 18.6. The van der Waals surface area contributed by atoms with Gasteiger partial charge in [0.1, 0.15) is 12.4 Å². The van der Waals surface area contributed by atoms with Crippen LogP contribution >= 0.6 is 0 Å². The lowest BCUT2D eigenvalue weighted by molar-refractivity contribution is -0.885. The Bertz CT molecular complexity index is 742. The largest absolute Gasteiger partial charge is 0.416 e. The first-order valence-corrected chi connectivity index (χ1v) is 7.68. The Hall–Kier alpha value is -2.41. The molecule has 7 heteroatoms. The lowest BCUT2D eigenvalue weighted by Gasteiger charge is -2.15. The molecule has 1 atom stereocenters. The third kappa shape index (κ3) is 5.56. The molecule has 2 rings (SSSR count). The summed E-state index contributed by atoms with van der Waals surface area (Å²) < 4.78 is 51.3. The number of hydrogen-bond donors (Lipinski definition) is 2. The van der Waals surface area contributed by atoms with Crippen molar-refractivity contribution < 1.29 is 27.3 Å². The summed E-state index contributed by atoms with van der Waals surface area (Å²) in [6, 6.07) is 9.34. The van der Waals surface area contributed by atoms with Gasteiger partial charge >= 0.3 is 6.18 Å². The van der Waals surface area contributed by atoms with E-state index in [1.807, 2.05) is 0 Å². The van der Waals surface area contributed by atoms with Crippen molar-refractivity contribution in [3.8, 4) is 0 Å². The molecule has 0 aliphatic carbocycles. The smallest absolute Gasteiger partial charge is 0.326 e. The number of likely N-dealkylation sites (N-methyl/N-ethyl adjacent to an activating group) is 1. The fourth-order valence-electron chi connectivity index (χ4n) is 2.41. The molecule has 0 saturated carbocycles.